The zero-order chi connectivity index (χ0) is 45.0. The number of para-hydroxylation sites is 1. The van der Waals surface area contributed by atoms with E-state index in [4.69, 9.17) is 10.2 Å². The van der Waals surface area contributed by atoms with Crippen molar-refractivity contribution in [2.75, 3.05) is 5.73 Å². The van der Waals surface area contributed by atoms with Crippen molar-refractivity contribution >= 4 is 38.4 Å². The first kappa shape index (κ1) is 40.8. The lowest BCUT2D eigenvalue weighted by molar-refractivity contribution is 0.660. The monoisotopic (exact) mass is 849 g/mol. The molecule has 11 aromatic rings. The van der Waals surface area contributed by atoms with E-state index in [1.54, 1.807) is 0 Å². The van der Waals surface area contributed by atoms with Crippen LogP contribution in [-0.4, -0.2) is 0 Å². The smallest absolute Gasteiger partial charge is 0.143 e. The molecule has 318 valence electrons. The molecule has 0 amide bonds. The van der Waals surface area contributed by atoms with Crippen molar-refractivity contribution in [3.63, 3.8) is 0 Å². The van der Waals surface area contributed by atoms with Crippen LogP contribution in [0.2, 0.25) is 0 Å². The number of rotatable bonds is 3. The average molecular weight is 850 g/mol. The van der Waals surface area contributed by atoms with Gasteiger partial charge in [-0.15, -0.1) is 0 Å². The zero-order valence-electron chi connectivity index (χ0n) is 37.8. The molecule has 0 bridgehead atoms. The van der Waals surface area contributed by atoms with Crippen LogP contribution in [0.25, 0.3) is 88.3 Å². The maximum absolute atomic E-state index is 6.31. The Labute approximate surface area is 387 Å². The van der Waals surface area contributed by atoms with Crippen LogP contribution in [0.3, 0.4) is 0 Å². The molecular formula is C64H51NO. The number of benzene rings is 10. The Morgan fingerprint density at radius 1 is 0.303 bits per heavy atom. The SMILES string of the molecule is CC1(C)c2ccccc2-c2ccc(-c3cc4c5ccccc5oc4c4ccccc34)cc21.CC1(C)c2ccccc2-c2ccc(N)cc21.c1ccc(-c2ccc(-c3ccccc3)cc2)cc1. The van der Waals surface area contributed by atoms with Gasteiger partial charge >= 0.3 is 0 Å². The summed E-state index contributed by atoms with van der Waals surface area (Å²) in [6.07, 6.45) is 0. The van der Waals surface area contributed by atoms with Gasteiger partial charge in [-0.1, -0.05) is 222 Å². The van der Waals surface area contributed by atoms with Gasteiger partial charge in [-0.05, 0) is 114 Å². The van der Waals surface area contributed by atoms with Crippen molar-refractivity contribution in [1.82, 2.24) is 0 Å². The van der Waals surface area contributed by atoms with Crippen LogP contribution in [-0.2, 0) is 10.8 Å². The summed E-state index contributed by atoms with van der Waals surface area (Å²) in [7, 11) is 0. The standard InChI is InChI=1S/C31H22O.C18H14.C15H15N/c1-31(2)27-13-7-5-10-21(27)22-16-15-19(17-28(22)31)25-18-26-23-11-6-8-14-29(23)32-30(26)24-12-4-3-9-20(24)25;1-3-7-15(8-4-1)17-11-13-18(14-12-17)16-9-5-2-6-10-16;1-15(2)13-6-4-3-5-11(13)12-8-7-10(16)9-14(12)15/h3-18H,1-2H3;1-14H;3-9H,16H2,1-2H3. The first-order valence-electron chi connectivity index (χ1n) is 23.0. The first-order chi connectivity index (χ1) is 32.2. The third kappa shape index (κ3) is 6.98. The number of nitrogens with two attached hydrogens (primary N) is 1. The maximum Gasteiger partial charge on any atom is 0.143 e. The van der Waals surface area contributed by atoms with Gasteiger partial charge in [0, 0.05) is 32.7 Å². The fraction of sp³-hybridized carbons (Fsp3) is 0.0938. The lowest BCUT2D eigenvalue weighted by Crippen LogP contribution is -2.15. The van der Waals surface area contributed by atoms with Crippen LogP contribution in [0.1, 0.15) is 49.9 Å². The quantitative estimate of drug-likeness (QED) is 0.180. The van der Waals surface area contributed by atoms with Crippen LogP contribution >= 0.6 is 0 Å². The van der Waals surface area contributed by atoms with E-state index in [0.29, 0.717) is 0 Å². The fourth-order valence-corrected chi connectivity index (χ4v) is 10.5. The molecule has 2 heteroatoms. The van der Waals surface area contributed by atoms with Crippen LogP contribution in [0.5, 0.6) is 0 Å². The van der Waals surface area contributed by atoms with Gasteiger partial charge < -0.3 is 10.2 Å². The van der Waals surface area contributed by atoms with E-state index in [0.717, 1.165) is 16.9 Å². The highest BCUT2D eigenvalue weighted by atomic mass is 16.3. The second kappa shape index (κ2) is 16.2. The number of hydrogen-bond acceptors (Lipinski definition) is 2. The minimum Gasteiger partial charge on any atom is -0.455 e. The average Bonchev–Trinajstić information content (AvgIpc) is 3.94. The van der Waals surface area contributed by atoms with E-state index >= 15 is 0 Å². The Kier molecular flexibility index (Phi) is 10.0. The van der Waals surface area contributed by atoms with Crippen LogP contribution in [0.4, 0.5) is 5.69 Å². The fourth-order valence-electron chi connectivity index (χ4n) is 10.5. The molecule has 10 aromatic carbocycles. The summed E-state index contributed by atoms with van der Waals surface area (Å²) >= 11 is 0. The van der Waals surface area contributed by atoms with Gasteiger partial charge in [0.2, 0.25) is 0 Å². The second-order valence-electron chi connectivity index (χ2n) is 18.7. The topological polar surface area (TPSA) is 39.2 Å². The first-order valence-corrected chi connectivity index (χ1v) is 23.0. The molecular weight excluding hydrogens is 799 g/mol. The van der Waals surface area contributed by atoms with E-state index in [1.807, 2.05) is 24.3 Å². The second-order valence-corrected chi connectivity index (χ2v) is 18.7. The normalized spacial score (nSPS) is 13.5. The molecule has 0 atom stereocenters. The van der Waals surface area contributed by atoms with Gasteiger partial charge in [0.15, 0.2) is 0 Å². The third-order valence-electron chi connectivity index (χ3n) is 14.0. The third-order valence-corrected chi connectivity index (χ3v) is 14.0. The molecule has 13 rings (SSSR count). The Morgan fingerprint density at radius 3 is 1.32 bits per heavy atom. The van der Waals surface area contributed by atoms with Crippen LogP contribution in [0, 0.1) is 0 Å². The van der Waals surface area contributed by atoms with E-state index in [2.05, 4.69) is 228 Å². The Hall–Kier alpha value is -7.94. The maximum atomic E-state index is 6.31. The van der Waals surface area contributed by atoms with Gasteiger partial charge in [0.25, 0.3) is 0 Å². The number of nitrogen functional groups attached to an aromatic ring is 1. The van der Waals surface area contributed by atoms with Crippen LogP contribution < -0.4 is 5.73 Å². The zero-order valence-corrected chi connectivity index (χ0v) is 37.8. The molecule has 0 unspecified atom stereocenters. The van der Waals surface area contributed by atoms with Gasteiger partial charge in [-0.3, -0.25) is 0 Å². The molecule has 0 aliphatic heterocycles. The molecule has 1 aromatic heterocycles. The van der Waals surface area contributed by atoms with Crippen LogP contribution in [0.15, 0.2) is 229 Å². The minimum atomic E-state index is -0.00974. The van der Waals surface area contributed by atoms with E-state index in [9.17, 15) is 0 Å². The predicted molar refractivity (Wildman–Crippen MR) is 280 cm³/mol. The van der Waals surface area contributed by atoms with Crippen molar-refractivity contribution < 1.29 is 4.42 Å². The highest BCUT2D eigenvalue weighted by Gasteiger charge is 2.36. The molecule has 0 spiro atoms. The lowest BCUT2D eigenvalue weighted by atomic mass is 9.81. The lowest BCUT2D eigenvalue weighted by Gasteiger charge is -2.22. The van der Waals surface area contributed by atoms with Crippen molar-refractivity contribution in [3.05, 3.63) is 247 Å². The number of furan rings is 1. The predicted octanol–water partition coefficient (Wildman–Crippen LogP) is 17.3. The molecule has 66 heavy (non-hydrogen) atoms. The van der Waals surface area contributed by atoms with E-state index in [1.165, 1.54) is 99.4 Å². The highest BCUT2D eigenvalue weighted by molar-refractivity contribution is 6.19. The van der Waals surface area contributed by atoms with Gasteiger partial charge in [-0.2, -0.15) is 0 Å². The summed E-state index contributed by atoms with van der Waals surface area (Å²) < 4.78 is 6.31. The summed E-state index contributed by atoms with van der Waals surface area (Å²) in [5, 5.41) is 4.74. The summed E-state index contributed by atoms with van der Waals surface area (Å²) in [5.74, 6) is 0. The van der Waals surface area contributed by atoms with E-state index in [-0.39, 0.29) is 10.8 Å². The van der Waals surface area contributed by atoms with Crippen molar-refractivity contribution in [3.8, 4) is 55.6 Å². The summed E-state index contributed by atoms with van der Waals surface area (Å²) in [6, 6.07) is 79.5. The molecule has 0 radical (unpaired) electrons. The number of anilines is 1. The van der Waals surface area contributed by atoms with Gasteiger partial charge in [0.1, 0.15) is 11.2 Å². The molecule has 2 aliphatic carbocycles. The Morgan fingerprint density at radius 2 is 0.727 bits per heavy atom. The van der Waals surface area contributed by atoms with E-state index < -0.39 is 0 Å². The molecule has 0 fully saturated rings. The molecule has 2 N–H and O–H groups in total. The Bertz CT molecular complexity index is 3520. The largest absolute Gasteiger partial charge is 0.455 e. The molecule has 0 saturated heterocycles. The van der Waals surface area contributed by atoms with Gasteiger partial charge in [-0.25, -0.2) is 0 Å². The number of hydrogen-bond donors (Lipinski definition) is 1. The summed E-state index contributed by atoms with van der Waals surface area (Å²) in [5.41, 5.74) is 27.2. The minimum absolute atomic E-state index is 0.00974. The summed E-state index contributed by atoms with van der Waals surface area (Å²) in [6.45, 7) is 9.20. The Balaban J connectivity index is 0.000000120. The number of fused-ring (bicyclic) bond motifs is 11. The highest BCUT2D eigenvalue weighted by Crippen LogP contribution is 2.51. The van der Waals surface area contributed by atoms with Gasteiger partial charge in [0.05, 0.1) is 0 Å². The summed E-state index contributed by atoms with van der Waals surface area (Å²) in [4.78, 5) is 0. The molecule has 1 heterocycles. The molecule has 2 aliphatic rings. The molecule has 2 nitrogen and oxygen atoms in total. The molecule has 0 saturated carbocycles. The van der Waals surface area contributed by atoms with Crippen molar-refractivity contribution in [2.24, 2.45) is 0 Å². The van der Waals surface area contributed by atoms with Crippen molar-refractivity contribution in [2.45, 2.75) is 38.5 Å². The van der Waals surface area contributed by atoms with Crippen molar-refractivity contribution in [1.29, 1.82) is 0 Å².